The summed E-state index contributed by atoms with van der Waals surface area (Å²) in [6.07, 6.45) is 0. The smallest absolute Gasteiger partial charge is 0.238 e. The summed E-state index contributed by atoms with van der Waals surface area (Å²) < 4.78 is 0. The van der Waals surface area contributed by atoms with Crippen LogP contribution in [0.4, 0.5) is 0 Å². The molecule has 0 radical (unpaired) electrons. The molecule has 0 aliphatic heterocycles. The van der Waals surface area contributed by atoms with Crippen molar-refractivity contribution in [1.82, 2.24) is 10.2 Å². The van der Waals surface area contributed by atoms with Gasteiger partial charge in [0.1, 0.15) is 13.1 Å². The van der Waals surface area contributed by atoms with Crippen molar-refractivity contribution in [3.8, 4) is 12.1 Å². The lowest BCUT2D eigenvalue weighted by molar-refractivity contribution is -0.128. The molecule has 0 saturated heterocycles. The quantitative estimate of drug-likeness (QED) is 0.548. The Hall–Kier alpha value is -1.59. The van der Waals surface area contributed by atoms with Crippen molar-refractivity contribution in [3.63, 3.8) is 0 Å². The zero-order chi connectivity index (χ0) is 9.40. The van der Waals surface area contributed by atoms with Crippen molar-refractivity contribution in [2.75, 3.05) is 26.7 Å². The Morgan fingerprint density at radius 1 is 1.42 bits per heavy atom. The molecular weight excluding hydrogens is 156 g/mol. The van der Waals surface area contributed by atoms with Gasteiger partial charge < -0.3 is 10.2 Å². The van der Waals surface area contributed by atoms with Crippen LogP contribution in [-0.2, 0) is 4.79 Å². The molecule has 0 atom stereocenters. The summed E-state index contributed by atoms with van der Waals surface area (Å²) in [6.45, 7) is 0.0888. The number of nitrogens with one attached hydrogen (secondary N) is 1. The minimum Gasteiger partial charge on any atom is -0.315 e. The number of hydrogen-bond donors (Lipinski definition) is 1. The van der Waals surface area contributed by atoms with Crippen molar-refractivity contribution in [2.24, 2.45) is 0 Å². The van der Waals surface area contributed by atoms with Crippen molar-refractivity contribution in [3.05, 3.63) is 0 Å². The van der Waals surface area contributed by atoms with Gasteiger partial charge in [0.05, 0.1) is 18.7 Å². The van der Waals surface area contributed by atoms with E-state index in [2.05, 4.69) is 5.32 Å². The molecule has 5 nitrogen and oxygen atoms in total. The normalized spacial score (nSPS) is 8.25. The minimum absolute atomic E-state index is 0.0337. The minimum atomic E-state index is -0.236. The number of nitrogens with zero attached hydrogens (tertiary/aromatic N) is 3. The van der Waals surface area contributed by atoms with Crippen LogP contribution in [0.1, 0.15) is 0 Å². The third-order valence-electron chi connectivity index (χ3n) is 1.20. The summed E-state index contributed by atoms with van der Waals surface area (Å²) in [7, 11) is 1.63. The third-order valence-corrected chi connectivity index (χ3v) is 1.20. The van der Waals surface area contributed by atoms with Crippen molar-refractivity contribution < 1.29 is 4.79 Å². The lowest BCUT2D eigenvalue weighted by atomic mass is 10.4. The van der Waals surface area contributed by atoms with Crippen LogP contribution in [0, 0.1) is 22.7 Å². The Labute approximate surface area is 71.2 Å². The number of likely N-dealkylation sites (N-methyl/N-ethyl adjacent to an activating group) is 1. The van der Waals surface area contributed by atoms with Gasteiger partial charge in [0.15, 0.2) is 0 Å². The second-order valence-electron chi connectivity index (χ2n) is 2.10. The molecule has 0 fully saturated rings. The van der Waals surface area contributed by atoms with E-state index in [0.717, 1.165) is 0 Å². The first kappa shape index (κ1) is 10.4. The molecule has 0 aliphatic carbocycles. The van der Waals surface area contributed by atoms with E-state index in [-0.39, 0.29) is 25.5 Å². The van der Waals surface area contributed by atoms with Crippen LogP contribution in [0.2, 0.25) is 0 Å². The molecule has 0 bridgehead atoms. The van der Waals surface area contributed by atoms with Gasteiger partial charge in [-0.25, -0.2) is 0 Å². The molecule has 0 spiro atoms. The van der Waals surface area contributed by atoms with Gasteiger partial charge in [-0.05, 0) is 7.05 Å². The highest BCUT2D eigenvalue weighted by atomic mass is 16.2. The van der Waals surface area contributed by atoms with E-state index < -0.39 is 0 Å². The van der Waals surface area contributed by atoms with E-state index in [1.54, 1.807) is 7.05 Å². The maximum Gasteiger partial charge on any atom is 0.238 e. The molecule has 0 aromatic rings. The first-order valence-corrected chi connectivity index (χ1v) is 3.42. The van der Waals surface area contributed by atoms with Gasteiger partial charge in [0.2, 0.25) is 5.91 Å². The second-order valence-corrected chi connectivity index (χ2v) is 2.10. The first-order chi connectivity index (χ1) is 5.76. The lowest BCUT2D eigenvalue weighted by Crippen LogP contribution is -2.37. The fourth-order valence-electron chi connectivity index (χ4n) is 0.666. The Morgan fingerprint density at radius 2 is 1.92 bits per heavy atom. The Balaban J connectivity index is 4.03. The summed E-state index contributed by atoms with van der Waals surface area (Å²) in [4.78, 5) is 12.3. The zero-order valence-corrected chi connectivity index (χ0v) is 6.87. The maximum absolute atomic E-state index is 11.1. The van der Waals surface area contributed by atoms with Crippen LogP contribution >= 0.6 is 0 Å². The summed E-state index contributed by atoms with van der Waals surface area (Å²) in [5.74, 6) is -0.236. The maximum atomic E-state index is 11.1. The highest BCUT2D eigenvalue weighted by molar-refractivity contribution is 5.78. The predicted molar refractivity (Wildman–Crippen MR) is 41.7 cm³/mol. The van der Waals surface area contributed by atoms with Gasteiger partial charge in [0, 0.05) is 0 Å². The predicted octanol–water partition coefficient (Wildman–Crippen LogP) is -0.918. The molecule has 0 unspecified atom stereocenters. The van der Waals surface area contributed by atoms with Crippen LogP contribution in [0.3, 0.4) is 0 Å². The van der Waals surface area contributed by atoms with E-state index in [1.807, 2.05) is 12.1 Å². The molecule has 0 saturated carbocycles. The number of nitriles is 2. The van der Waals surface area contributed by atoms with Gasteiger partial charge >= 0.3 is 0 Å². The zero-order valence-electron chi connectivity index (χ0n) is 6.87. The van der Waals surface area contributed by atoms with Crippen molar-refractivity contribution >= 4 is 5.91 Å². The average molecular weight is 166 g/mol. The fourth-order valence-corrected chi connectivity index (χ4v) is 0.666. The molecular formula is C7H10N4O. The van der Waals surface area contributed by atoms with Crippen LogP contribution in [0.5, 0.6) is 0 Å². The van der Waals surface area contributed by atoms with Crippen molar-refractivity contribution in [1.29, 1.82) is 10.5 Å². The molecule has 0 aromatic heterocycles. The van der Waals surface area contributed by atoms with Gasteiger partial charge in [-0.3, -0.25) is 4.79 Å². The number of carbonyl (C=O) groups is 1. The van der Waals surface area contributed by atoms with Gasteiger partial charge in [-0.15, -0.1) is 0 Å². The largest absolute Gasteiger partial charge is 0.315 e. The summed E-state index contributed by atoms with van der Waals surface area (Å²) in [5.41, 5.74) is 0. The number of rotatable bonds is 4. The highest BCUT2D eigenvalue weighted by Crippen LogP contribution is 1.86. The molecule has 64 valence electrons. The average Bonchev–Trinajstić information content (AvgIpc) is 2.04. The van der Waals surface area contributed by atoms with E-state index in [9.17, 15) is 4.79 Å². The van der Waals surface area contributed by atoms with Crippen molar-refractivity contribution in [2.45, 2.75) is 0 Å². The van der Waals surface area contributed by atoms with Gasteiger partial charge in [-0.1, -0.05) is 0 Å². The third kappa shape index (κ3) is 3.55. The van der Waals surface area contributed by atoms with Crippen LogP contribution in [0.25, 0.3) is 0 Å². The number of hydrogen-bond acceptors (Lipinski definition) is 4. The molecule has 5 heteroatoms. The van der Waals surface area contributed by atoms with Gasteiger partial charge in [-0.2, -0.15) is 10.5 Å². The molecule has 0 aromatic carbocycles. The molecule has 1 amide bonds. The van der Waals surface area contributed by atoms with E-state index >= 15 is 0 Å². The first-order valence-electron chi connectivity index (χ1n) is 3.42. The molecule has 1 N–H and O–H groups in total. The van der Waals surface area contributed by atoms with E-state index in [4.69, 9.17) is 10.5 Å². The summed E-state index contributed by atoms with van der Waals surface area (Å²) >= 11 is 0. The topological polar surface area (TPSA) is 79.9 Å². The van der Waals surface area contributed by atoms with Crippen LogP contribution < -0.4 is 5.32 Å². The van der Waals surface area contributed by atoms with Crippen LogP contribution in [-0.4, -0.2) is 37.5 Å². The number of amides is 1. The Morgan fingerprint density at radius 3 is 2.25 bits per heavy atom. The monoisotopic (exact) mass is 166 g/mol. The summed E-state index contributed by atoms with van der Waals surface area (Å²) in [6, 6.07) is 3.64. The van der Waals surface area contributed by atoms with Crippen LogP contribution in [0.15, 0.2) is 0 Å². The standard InChI is InChI=1S/C7H10N4O/c1-10-6-7(12)11(4-2-8)5-3-9/h10H,4-6H2,1H3. The molecule has 12 heavy (non-hydrogen) atoms. The lowest BCUT2D eigenvalue weighted by Gasteiger charge is -2.14. The summed E-state index contributed by atoms with van der Waals surface area (Å²) in [5, 5.41) is 19.3. The van der Waals surface area contributed by atoms with Gasteiger partial charge in [0.25, 0.3) is 0 Å². The Bertz CT molecular complexity index is 209. The SMILES string of the molecule is CNCC(=O)N(CC#N)CC#N. The Kier molecular flexibility index (Phi) is 5.33. The number of carbonyl (C=O) groups excluding carboxylic acids is 1. The highest BCUT2D eigenvalue weighted by Gasteiger charge is 2.10. The fraction of sp³-hybridized carbons (Fsp3) is 0.571. The van der Waals surface area contributed by atoms with E-state index in [0.29, 0.717) is 0 Å². The molecule has 0 aliphatic rings. The molecule has 0 rings (SSSR count). The van der Waals surface area contributed by atoms with E-state index in [1.165, 1.54) is 4.90 Å². The second kappa shape index (κ2) is 6.14. The molecule has 0 heterocycles.